The molecule has 1 heterocycles. The highest BCUT2D eigenvalue weighted by atomic mass is 32.2. The van der Waals surface area contributed by atoms with E-state index in [9.17, 15) is 8.42 Å². The molecule has 1 aromatic heterocycles. The number of nitrogens with zero attached hydrogens (tertiary/aromatic N) is 1. The maximum absolute atomic E-state index is 12.4. The molecule has 0 unspecified atom stereocenters. The van der Waals surface area contributed by atoms with Gasteiger partial charge in [0.2, 0.25) is 10.0 Å². The fourth-order valence-corrected chi connectivity index (χ4v) is 3.77. The van der Waals surface area contributed by atoms with Crippen LogP contribution >= 0.6 is 0 Å². The van der Waals surface area contributed by atoms with Gasteiger partial charge in [0, 0.05) is 23.7 Å². The number of hydrogen-bond acceptors (Lipinski definition) is 5. The summed E-state index contributed by atoms with van der Waals surface area (Å²) in [5.41, 5.74) is 6.18. The Morgan fingerprint density at radius 1 is 1.25 bits per heavy atom. The molecule has 0 aliphatic heterocycles. The third-order valence-electron chi connectivity index (χ3n) is 3.38. The van der Waals surface area contributed by atoms with Crippen molar-refractivity contribution in [3.8, 4) is 11.3 Å². The van der Waals surface area contributed by atoms with Gasteiger partial charge in [0.25, 0.3) is 0 Å². The Kier molecular flexibility index (Phi) is 3.33. The van der Waals surface area contributed by atoms with Crippen LogP contribution in [0.1, 0.15) is 12.8 Å². The van der Waals surface area contributed by atoms with Crippen molar-refractivity contribution in [2.75, 3.05) is 0 Å². The van der Waals surface area contributed by atoms with E-state index in [1.165, 1.54) is 6.20 Å². The Morgan fingerprint density at radius 2 is 2.00 bits per heavy atom. The van der Waals surface area contributed by atoms with E-state index < -0.39 is 10.0 Å². The van der Waals surface area contributed by atoms with Crippen molar-refractivity contribution < 1.29 is 12.9 Å². The first-order chi connectivity index (χ1) is 9.56. The summed E-state index contributed by atoms with van der Waals surface area (Å²) in [4.78, 5) is 0.192. The van der Waals surface area contributed by atoms with Crippen LogP contribution in [0, 0.1) is 0 Å². The summed E-state index contributed by atoms with van der Waals surface area (Å²) in [6.07, 6.45) is 2.82. The number of aromatic nitrogens is 1. The van der Waals surface area contributed by atoms with Crippen molar-refractivity contribution >= 4 is 10.0 Å². The smallest absolute Gasteiger partial charge is 0.241 e. The van der Waals surface area contributed by atoms with E-state index in [0.717, 1.165) is 0 Å². The molecule has 0 spiro atoms. The van der Waals surface area contributed by atoms with Crippen LogP contribution in [-0.2, 0) is 10.0 Å². The average Bonchev–Trinajstić information content (AvgIpc) is 2.90. The highest BCUT2D eigenvalue weighted by Gasteiger charge is 2.31. The molecule has 0 atom stereocenters. The van der Waals surface area contributed by atoms with Crippen LogP contribution in [0.25, 0.3) is 11.3 Å². The zero-order chi connectivity index (χ0) is 14.2. The van der Waals surface area contributed by atoms with Crippen LogP contribution < -0.4 is 10.5 Å². The molecule has 0 saturated heterocycles. The predicted octanol–water partition coefficient (Wildman–Crippen LogP) is 1.11. The van der Waals surface area contributed by atoms with E-state index in [1.54, 1.807) is 30.3 Å². The van der Waals surface area contributed by atoms with Crippen molar-refractivity contribution in [1.82, 2.24) is 9.88 Å². The van der Waals surface area contributed by atoms with Crippen LogP contribution in [0.5, 0.6) is 0 Å². The second kappa shape index (κ2) is 5.01. The molecule has 2 aromatic rings. The second-order valence-electron chi connectivity index (χ2n) is 4.92. The van der Waals surface area contributed by atoms with E-state index in [2.05, 4.69) is 9.88 Å². The predicted molar refractivity (Wildman–Crippen MR) is 73.3 cm³/mol. The molecule has 7 heteroatoms. The molecular formula is C13H15N3O3S. The Labute approximate surface area is 117 Å². The molecule has 20 heavy (non-hydrogen) atoms. The van der Waals surface area contributed by atoms with Gasteiger partial charge in [0.1, 0.15) is 0 Å². The number of benzene rings is 1. The lowest BCUT2D eigenvalue weighted by Crippen LogP contribution is -2.50. The lowest BCUT2D eigenvalue weighted by molar-refractivity contribution is 0.327. The van der Waals surface area contributed by atoms with Gasteiger partial charge < -0.3 is 10.3 Å². The van der Waals surface area contributed by atoms with Crippen molar-refractivity contribution in [2.24, 2.45) is 5.73 Å². The van der Waals surface area contributed by atoms with Gasteiger partial charge in [-0.15, -0.1) is 0 Å². The van der Waals surface area contributed by atoms with Gasteiger partial charge in [-0.25, -0.2) is 13.1 Å². The van der Waals surface area contributed by atoms with Gasteiger partial charge in [-0.3, -0.25) is 0 Å². The third-order valence-corrected chi connectivity index (χ3v) is 4.95. The Hall–Kier alpha value is -1.70. The summed E-state index contributed by atoms with van der Waals surface area (Å²) in [5, 5.41) is 3.61. The number of hydrogen-bond donors (Lipinski definition) is 2. The van der Waals surface area contributed by atoms with Crippen LogP contribution in [-0.4, -0.2) is 25.7 Å². The molecule has 1 saturated carbocycles. The maximum atomic E-state index is 12.4. The summed E-state index contributed by atoms with van der Waals surface area (Å²) >= 11 is 0. The first kappa shape index (κ1) is 13.3. The van der Waals surface area contributed by atoms with Crippen molar-refractivity contribution in [2.45, 2.75) is 29.8 Å². The number of nitrogens with one attached hydrogen (secondary N) is 1. The van der Waals surface area contributed by atoms with Crippen molar-refractivity contribution in [3.63, 3.8) is 0 Å². The normalized spacial score (nSPS) is 22.4. The van der Waals surface area contributed by atoms with Gasteiger partial charge in [-0.1, -0.05) is 17.3 Å². The Balaban J connectivity index is 1.93. The van der Waals surface area contributed by atoms with E-state index in [-0.39, 0.29) is 17.0 Å². The fourth-order valence-electron chi connectivity index (χ4n) is 2.30. The summed E-state index contributed by atoms with van der Waals surface area (Å²) in [5.74, 6) is 0.427. The largest absolute Gasteiger partial charge is 0.356 e. The SMILES string of the molecule is NC1CC(NS(=O)(=O)c2ccccc2-c2ccno2)C1. The van der Waals surface area contributed by atoms with Gasteiger partial charge >= 0.3 is 0 Å². The zero-order valence-corrected chi connectivity index (χ0v) is 11.5. The number of nitrogens with two attached hydrogens (primary N) is 1. The van der Waals surface area contributed by atoms with Gasteiger partial charge in [0.05, 0.1) is 11.1 Å². The van der Waals surface area contributed by atoms with E-state index in [0.29, 0.717) is 24.2 Å². The molecule has 3 rings (SSSR count). The number of sulfonamides is 1. The molecule has 6 nitrogen and oxygen atoms in total. The molecule has 1 fully saturated rings. The highest BCUT2D eigenvalue weighted by Crippen LogP contribution is 2.28. The lowest BCUT2D eigenvalue weighted by atomic mass is 9.89. The quantitative estimate of drug-likeness (QED) is 0.880. The molecule has 1 aliphatic rings. The molecule has 0 bridgehead atoms. The minimum Gasteiger partial charge on any atom is -0.356 e. The summed E-state index contributed by atoms with van der Waals surface area (Å²) in [6, 6.07) is 8.33. The van der Waals surface area contributed by atoms with Crippen LogP contribution in [0.4, 0.5) is 0 Å². The van der Waals surface area contributed by atoms with Crippen molar-refractivity contribution in [3.05, 3.63) is 36.5 Å². The molecule has 3 N–H and O–H groups in total. The zero-order valence-electron chi connectivity index (χ0n) is 10.7. The second-order valence-corrected chi connectivity index (χ2v) is 6.60. The topological polar surface area (TPSA) is 98.2 Å². The molecule has 0 amide bonds. The van der Waals surface area contributed by atoms with E-state index in [1.807, 2.05) is 0 Å². The van der Waals surface area contributed by atoms with E-state index >= 15 is 0 Å². The van der Waals surface area contributed by atoms with Gasteiger partial charge in [-0.2, -0.15) is 0 Å². The van der Waals surface area contributed by atoms with Crippen LogP contribution in [0.2, 0.25) is 0 Å². The molecule has 1 aromatic carbocycles. The van der Waals surface area contributed by atoms with Crippen molar-refractivity contribution in [1.29, 1.82) is 0 Å². The van der Waals surface area contributed by atoms with E-state index in [4.69, 9.17) is 10.3 Å². The lowest BCUT2D eigenvalue weighted by Gasteiger charge is -2.32. The summed E-state index contributed by atoms with van der Waals surface area (Å²) in [7, 11) is -3.59. The molecule has 106 valence electrons. The Morgan fingerprint density at radius 3 is 2.65 bits per heavy atom. The number of rotatable bonds is 4. The third kappa shape index (κ3) is 2.47. The molecule has 1 aliphatic carbocycles. The van der Waals surface area contributed by atoms with Gasteiger partial charge in [0.15, 0.2) is 5.76 Å². The standard InChI is InChI=1S/C13H15N3O3S/c14-9-7-10(8-9)16-20(17,18)13-4-2-1-3-11(13)12-5-6-15-19-12/h1-6,9-10,16H,7-8,14H2. The van der Waals surface area contributed by atoms with Crippen LogP contribution in [0.15, 0.2) is 45.9 Å². The average molecular weight is 293 g/mol. The molecular weight excluding hydrogens is 278 g/mol. The Bertz CT molecular complexity index is 691. The first-order valence-corrected chi connectivity index (χ1v) is 7.82. The monoisotopic (exact) mass is 293 g/mol. The minimum absolute atomic E-state index is 0.0854. The highest BCUT2D eigenvalue weighted by molar-refractivity contribution is 7.89. The molecule has 0 radical (unpaired) electrons. The van der Waals surface area contributed by atoms with Gasteiger partial charge in [-0.05, 0) is 25.0 Å². The first-order valence-electron chi connectivity index (χ1n) is 6.34. The summed E-state index contributed by atoms with van der Waals surface area (Å²) in [6.45, 7) is 0. The minimum atomic E-state index is -3.59. The fraction of sp³-hybridized carbons (Fsp3) is 0.308. The van der Waals surface area contributed by atoms with Crippen LogP contribution in [0.3, 0.4) is 0 Å². The maximum Gasteiger partial charge on any atom is 0.241 e. The summed E-state index contributed by atoms with van der Waals surface area (Å²) < 4.78 is 32.6.